The fourth-order valence-electron chi connectivity index (χ4n) is 4.23. The summed E-state index contributed by atoms with van der Waals surface area (Å²) in [5.74, 6) is 0. The molecule has 0 unspecified atom stereocenters. The van der Waals surface area contributed by atoms with Crippen LogP contribution in [0.4, 0.5) is 0 Å². The molecule has 0 aliphatic heterocycles. The molecule has 0 N–H and O–H groups in total. The summed E-state index contributed by atoms with van der Waals surface area (Å²) in [7, 11) is -1.92. The van der Waals surface area contributed by atoms with Crippen molar-refractivity contribution in [1.82, 2.24) is 9.97 Å². The first-order valence-corrected chi connectivity index (χ1v) is 12.7. The maximum atomic E-state index is 4.77. The van der Waals surface area contributed by atoms with Crippen LogP contribution in [0.25, 0.3) is 11.4 Å². The average molecular weight is 431 g/mol. The van der Waals surface area contributed by atoms with Crippen molar-refractivity contribution in [3.8, 4) is 11.4 Å². The minimum Gasteiger partial charge on any atom is -0.255 e. The molecule has 0 aliphatic rings. The molecule has 32 heavy (non-hydrogen) atoms. The smallest absolute Gasteiger partial charge is 0.116 e. The molecule has 0 atom stereocenters. The van der Waals surface area contributed by atoms with Crippen molar-refractivity contribution in [2.45, 2.75) is 6.16 Å². The topological polar surface area (TPSA) is 25.8 Å². The van der Waals surface area contributed by atoms with E-state index in [0.29, 0.717) is 0 Å². The lowest BCUT2D eigenvalue weighted by molar-refractivity contribution is 1.21. The lowest BCUT2D eigenvalue weighted by Crippen LogP contribution is -2.32. The zero-order valence-electron chi connectivity index (χ0n) is 17.8. The predicted molar refractivity (Wildman–Crippen MR) is 136 cm³/mol. The minimum absolute atomic E-state index is 0.897. The fourth-order valence-corrected chi connectivity index (χ4v) is 8.45. The lowest BCUT2D eigenvalue weighted by atomic mass is 10.2. The van der Waals surface area contributed by atoms with Crippen LogP contribution in [-0.4, -0.2) is 9.97 Å². The minimum atomic E-state index is -1.92. The molecule has 2 aromatic heterocycles. The number of hydrogen-bond donors (Lipinski definition) is 0. The first kappa shape index (κ1) is 20.3. The quantitative estimate of drug-likeness (QED) is 0.325. The third kappa shape index (κ3) is 3.98. The van der Waals surface area contributed by atoms with Crippen LogP contribution in [0.1, 0.15) is 5.56 Å². The highest BCUT2D eigenvalue weighted by molar-refractivity contribution is 7.95. The molecule has 5 rings (SSSR count). The van der Waals surface area contributed by atoms with Crippen molar-refractivity contribution in [2.75, 3.05) is 0 Å². The van der Waals surface area contributed by atoms with E-state index in [1.54, 1.807) is 0 Å². The van der Waals surface area contributed by atoms with Gasteiger partial charge in [0.15, 0.2) is 0 Å². The summed E-state index contributed by atoms with van der Waals surface area (Å²) in [6, 6.07) is 43.1. The standard InChI is InChI=1S/C29H24N2P/c1-4-12-25(13-5-1)32(26-14-6-2-7-15-26,27-16-8-3-9-17-27)23-24-19-20-29(31-22-24)28-18-10-11-21-30-28/h1-22H,23H2/q+1. The summed E-state index contributed by atoms with van der Waals surface area (Å²) < 4.78 is 0. The van der Waals surface area contributed by atoms with Crippen molar-refractivity contribution in [3.63, 3.8) is 0 Å². The maximum Gasteiger partial charge on any atom is 0.116 e. The normalized spacial score (nSPS) is 11.2. The molecular weight excluding hydrogens is 407 g/mol. The Morgan fingerprint density at radius 1 is 0.469 bits per heavy atom. The average Bonchev–Trinajstić information content (AvgIpc) is 2.90. The molecule has 0 bridgehead atoms. The van der Waals surface area contributed by atoms with Gasteiger partial charge in [-0.05, 0) is 54.6 Å². The molecule has 0 amide bonds. The van der Waals surface area contributed by atoms with Crippen molar-refractivity contribution in [2.24, 2.45) is 0 Å². The van der Waals surface area contributed by atoms with Gasteiger partial charge in [0.1, 0.15) is 23.2 Å². The van der Waals surface area contributed by atoms with Crippen molar-refractivity contribution in [1.29, 1.82) is 0 Å². The van der Waals surface area contributed by atoms with Crippen LogP contribution in [0.3, 0.4) is 0 Å². The summed E-state index contributed by atoms with van der Waals surface area (Å²) in [6.45, 7) is 0. The monoisotopic (exact) mass is 431 g/mol. The molecule has 154 valence electrons. The molecule has 3 heteroatoms. The maximum absolute atomic E-state index is 4.77. The number of rotatable bonds is 6. The number of nitrogens with zero attached hydrogens (tertiary/aromatic N) is 2. The van der Waals surface area contributed by atoms with Gasteiger partial charge in [0.2, 0.25) is 0 Å². The third-order valence-corrected chi connectivity index (χ3v) is 10.1. The molecule has 2 nitrogen and oxygen atoms in total. The van der Waals surface area contributed by atoms with Gasteiger partial charge < -0.3 is 0 Å². The predicted octanol–water partition coefficient (Wildman–Crippen LogP) is 5.64. The zero-order chi connectivity index (χ0) is 21.6. The lowest BCUT2D eigenvalue weighted by Gasteiger charge is -2.27. The van der Waals surface area contributed by atoms with Crippen molar-refractivity contribution < 1.29 is 0 Å². The van der Waals surface area contributed by atoms with E-state index in [4.69, 9.17) is 4.98 Å². The van der Waals surface area contributed by atoms with E-state index in [-0.39, 0.29) is 0 Å². The second-order valence-electron chi connectivity index (χ2n) is 7.74. The third-order valence-electron chi connectivity index (χ3n) is 5.76. The van der Waals surface area contributed by atoms with Crippen LogP contribution in [0, 0.1) is 0 Å². The van der Waals surface area contributed by atoms with Crippen molar-refractivity contribution in [3.05, 3.63) is 139 Å². The van der Waals surface area contributed by atoms with Crippen LogP contribution in [0.2, 0.25) is 0 Å². The van der Waals surface area contributed by atoms with Crippen molar-refractivity contribution >= 4 is 23.2 Å². The number of hydrogen-bond acceptors (Lipinski definition) is 2. The van der Waals surface area contributed by atoms with E-state index < -0.39 is 7.26 Å². The molecule has 0 saturated carbocycles. The Morgan fingerprint density at radius 2 is 0.969 bits per heavy atom. The second-order valence-corrected chi connectivity index (χ2v) is 11.2. The van der Waals surface area contributed by atoms with Gasteiger partial charge in [0, 0.05) is 18.0 Å². The Bertz CT molecular complexity index is 1160. The molecule has 5 aromatic rings. The van der Waals surface area contributed by atoms with Gasteiger partial charge in [-0.25, -0.2) is 0 Å². The van der Waals surface area contributed by atoms with E-state index in [0.717, 1.165) is 17.5 Å². The number of pyridine rings is 2. The summed E-state index contributed by atoms with van der Waals surface area (Å²) in [5.41, 5.74) is 3.03. The van der Waals surface area contributed by atoms with Crippen LogP contribution in [-0.2, 0) is 6.16 Å². The summed E-state index contributed by atoms with van der Waals surface area (Å²) >= 11 is 0. The van der Waals surface area contributed by atoms with E-state index in [1.807, 2.05) is 30.6 Å². The van der Waals surface area contributed by atoms with Gasteiger partial charge >= 0.3 is 0 Å². The van der Waals surface area contributed by atoms with Gasteiger partial charge in [-0.3, -0.25) is 9.97 Å². The first-order valence-electron chi connectivity index (χ1n) is 10.8. The molecular formula is C29H24N2P+. The highest BCUT2D eigenvalue weighted by atomic mass is 31.2. The Morgan fingerprint density at radius 3 is 1.41 bits per heavy atom. The highest BCUT2D eigenvalue weighted by Crippen LogP contribution is 2.58. The Kier molecular flexibility index (Phi) is 5.87. The fraction of sp³-hybridized carbons (Fsp3) is 0.0345. The van der Waals surface area contributed by atoms with Gasteiger partial charge in [0.05, 0.1) is 17.5 Å². The summed E-state index contributed by atoms with van der Waals surface area (Å²) in [4.78, 5) is 9.21. The van der Waals surface area contributed by atoms with E-state index in [2.05, 4.69) is 108 Å². The van der Waals surface area contributed by atoms with Gasteiger partial charge in [0.25, 0.3) is 0 Å². The highest BCUT2D eigenvalue weighted by Gasteiger charge is 2.45. The number of aromatic nitrogens is 2. The molecule has 0 saturated heterocycles. The molecule has 0 fully saturated rings. The van der Waals surface area contributed by atoms with Gasteiger partial charge in [-0.1, -0.05) is 66.7 Å². The SMILES string of the molecule is c1ccc([P+](Cc2ccc(-c3ccccn3)nc2)(c2ccccc2)c2ccccc2)cc1. The zero-order valence-corrected chi connectivity index (χ0v) is 18.6. The van der Waals surface area contributed by atoms with Crippen LogP contribution < -0.4 is 15.9 Å². The van der Waals surface area contributed by atoms with E-state index >= 15 is 0 Å². The number of benzene rings is 3. The molecule has 0 spiro atoms. The Hall–Kier alpha value is -3.61. The van der Waals surface area contributed by atoms with Crippen LogP contribution in [0.5, 0.6) is 0 Å². The summed E-state index contributed by atoms with van der Waals surface area (Å²) in [6.07, 6.45) is 4.75. The summed E-state index contributed by atoms with van der Waals surface area (Å²) in [5, 5.41) is 4.14. The molecule has 0 aliphatic carbocycles. The van der Waals surface area contributed by atoms with Gasteiger partial charge in [-0.2, -0.15) is 0 Å². The Labute approximate surface area is 190 Å². The first-order chi connectivity index (χ1) is 15.9. The molecule has 0 radical (unpaired) electrons. The Balaban J connectivity index is 1.65. The van der Waals surface area contributed by atoms with E-state index in [9.17, 15) is 0 Å². The largest absolute Gasteiger partial charge is 0.255 e. The molecule has 2 heterocycles. The van der Waals surface area contributed by atoms with Crippen LogP contribution in [0.15, 0.2) is 134 Å². The van der Waals surface area contributed by atoms with Crippen LogP contribution >= 0.6 is 7.26 Å². The van der Waals surface area contributed by atoms with Gasteiger partial charge in [-0.15, -0.1) is 0 Å². The van der Waals surface area contributed by atoms with E-state index in [1.165, 1.54) is 21.5 Å². The molecule has 3 aromatic carbocycles. The second kappa shape index (κ2) is 9.26.